The maximum Gasteiger partial charge on any atom is 0.164 e. The van der Waals surface area contributed by atoms with Gasteiger partial charge in [-0.05, 0) is 77.4 Å². The Morgan fingerprint density at radius 3 is 1.84 bits per heavy atom. The molecule has 0 bridgehead atoms. The monoisotopic (exact) mass is 808 g/mol. The first-order valence-electron chi connectivity index (χ1n) is 21.1. The summed E-state index contributed by atoms with van der Waals surface area (Å²) in [4.78, 5) is 22.0. The Bertz CT molecular complexity index is 3330. The Morgan fingerprint density at radius 1 is 0.460 bits per heavy atom. The normalized spacial score (nSPS) is 14.1. The minimum atomic E-state index is 0.590. The van der Waals surface area contributed by atoms with E-state index in [1.54, 1.807) is 0 Å². The number of aromatic nitrogens is 5. The predicted octanol–water partition coefficient (Wildman–Crippen LogP) is 13.9. The number of benzene rings is 7. The number of anilines is 2. The van der Waals surface area contributed by atoms with E-state index in [1.165, 1.54) is 21.9 Å². The van der Waals surface area contributed by atoms with Crippen molar-refractivity contribution in [2.24, 2.45) is 0 Å². The first-order valence-corrected chi connectivity index (χ1v) is 21.1. The predicted molar refractivity (Wildman–Crippen MR) is 259 cm³/mol. The second-order valence-corrected chi connectivity index (χ2v) is 15.6. The van der Waals surface area contributed by atoms with Crippen LogP contribution in [0.5, 0.6) is 0 Å². The lowest BCUT2D eigenvalue weighted by atomic mass is 9.96. The highest BCUT2D eigenvalue weighted by Gasteiger charge is 2.20. The fourth-order valence-corrected chi connectivity index (χ4v) is 8.65. The van der Waals surface area contributed by atoms with Crippen LogP contribution in [0.4, 0.5) is 11.4 Å². The van der Waals surface area contributed by atoms with Crippen LogP contribution in [0.2, 0.25) is 0 Å². The number of fused-ring (bicyclic) bond motifs is 4. The van der Waals surface area contributed by atoms with E-state index in [-0.39, 0.29) is 0 Å². The fraction of sp³-hybridized carbons (Fsp3) is 0.0175. The van der Waals surface area contributed by atoms with Gasteiger partial charge in [0.2, 0.25) is 0 Å². The smallest absolute Gasteiger partial charge is 0.164 e. The average Bonchev–Trinajstić information content (AvgIpc) is 3.71. The molecule has 63 heavy (non-hydrogen) atoms. The first-order chi connectivity index (χ1) is 31.1. The molecule has 6 nitrogen and oxygen atoms in total. The molecule has 0 N–H and O–H groups in total. The standard InChI is InChI=1S/C57H40N6/c1-39-17-15-23-42(35-45-22-11-13-29-52(45)62(39)47-25-9-4-10-26-47)43-24-16-27-48(36-43)63-53-30-14-12-28-49(53)50-32-31-44(38-54(50)63)51-37-46(33-34-58-51)57-60-55(40-18-5-2-6-19-40)59-56(61-57)41-20-7-3-8-21-41/h2-34,36-38H,1,35H2/b17-15-,42-23+. The van der Waals surface area contributed by atoms with Crippen LogP contribution in [0.3, 0.4) is 0 Å². The van der Waals surface area contributed by atoms with Gasteiger partial charge >= 0.3 is 0 Å². The lowest BCUT2D eigenvalue weighted by molar-refractivity contribution is 1.07. The third-order valence-corrected chi connectivity index (χ3v) is 11.7. The second kappa shape index (κ2) is 16.2. The molecule has 0 saturated carbocycles. The maximum atomic E-state index is 4.99. The van der Waals surface area contributed by atoms with Crippen molar-refractivity contribution in [3.8, 4) is 51.1 Å². The number of para-hydroxylation sites is 3. The first kappa shape index (κ1) is 37.5. The van der Waals surface area contributed by atoms with Crippen LogP contribution in [0.15, 0.2) is 231 Å². The molecule has 0 unspecified atom stereocenters. The molecule has 3 aromatic heterocycles. The Kier molecular flexibility index (Phi) is 9.63. The molecule has 0 radical (unpaired) electrons. The van der Waals surface area contributed by atoms with Gasteiger partial charge in [0.25, 0.3) is 0 Å². The second-order valence-electron chi connectivity index (χ2n) is 15.6. The van der Waals surface area contributed by atoms with Crippen molar-refractivity contribution in [3.63, 3.8) is 0 Å². The molecular formula is C57H40N6. The van der Waals surface area contributed by atoms with E-state index < -0.39 is 0 Å². The maximum absolute atomic E-state index is 4.99. The number of hydrogen-bond donors (Lipinski definition) is 0. The van der Waals surface area contributed by atoms with Crippen molar-refractivity contribution in [2.45, 2.75) is 6.42 Å². The van der Waals surface area contributed by atoms with Gasteiger partial charge in [-0.3, -0.25) is 4.98 Å². The van der Waals surface area contributed by atoms with Crippen LogP contribution < -0.4 is 4.90 Å². The Balaban J connectivity index is 0.998. The van der Waals surface area contributed by atoms with E-state index >= 15 is 0 Å². The van der Waals surface area contributed by atoms with Crippen molar-refractivity contribution in [2.75, 3.05) is 4.90 Å². The molecule has 0 atom stereocenters. The van der Waals surface area contributed by atoms with Crippen molar-refractivity contribution in [3.05, 3.63) is 242 Å². The third kappa shape index (κ3) is 7.19. The summed E-state index contributed by atoms with van der Waals surface area (Å²) in [7, 11) is 0. The van der Waals surface area contributed by atoms with Crippen LogP contribution >= 0.6 is 0 Å². The number of rotatable bonds is 7. The van der Waals surface area contributed by atoms with Gasteiger partial charge < -0.3 is 9.47 Å². The molecule has 0 spiro atoms. The minimum Gasteiger partial charge on any atom is -0.311 e. The molecule has 0 saturated heterocycles. The summed E-state index contributed by atoms with van der Waals surface area (Å²) < 4.78 is 2.38. The van der Waals surface area contributed by atoms with Crippen LogP contribution in [-0.4, -0.2) is 24.5 Å². The van der Waals surface area contributed by atoms with Gasteiger partial charge in [-0.15, -0.1) is 0 Å². The zero-order valence-corrected chi connectivity index (χ0v) is 34.4. The molecule has 1 aliphatic rings. The summed E-state index contributed by atoms with van der Waals surface area (Å²) in [5, 5.41) is 2.36. The van der Waals surface area contributed by atoms with Gasteiger partial charge in [0.15, 0.2) is 17.5 Å². The van der Waals surface area contributed by atoms with Crippen molar-refractivity contribution in [1.29, 1.82) is 0 Å². The fourth-order valence-electron chi connectivity index (χ4n) is 8.65. The lowest BCUT2D eigenvalue weighted by Crippen LogP contribution is -2.15. The van der Waals surface area contributed by atoms with E-state index in [9.17, 15) is 0 Å². The number of allylic oxidation sites excluding steroid dienone is 4. The SMILES string of the molecule is C=C1/C=C\C=C(\c2cccc(-n3c4ccccc4c4ccc(-c5cc(-c6nc(-c7ccccc7)nc(-c7ccccc7)n6)ccn5)cc43)c2)Cc2ccccc2N1c1ccccc1. The molecule has 1 aliphatic heterocycles. The topological polar surface area (TPSA) is 59.7 Å². The van der Waals surface area contributed by atoms with E-state index in [0.717, 1.165) is 73.7 Å². The highest BCUT2D eigenvalue weighted by atomic mass is 15.1. The summed E-state index contributed by atoms with van der Waals surface area (Å²) in [6.45, 7) is 4.49. The van der Waals surface area contributed by atoms with Gasteiger partial charge in [-0.2, -0.15) is 0 Å². The van der Waals surface area contributed by atoms with Crippen LogP contribution in [0, 0.1) is 0 Å². The van der Waals surface area contributed by atoms with Gasteiger partial charge in [-0.25, -0.2) is 15.0 Å². The summed E-state index contributed by atoms with van der Waals surface area (Å²) in [5.74, 6) is 1.83. The van der Waals surface area contributed by atoms with Crippen molar-refractivity contribution in [1.82, 2.24) is 24.5 Å². The molecule has 4 heterocycles. The summed E-state index contributed by atoms with van der Waals surface area (Å²) >= 11 is 0. The number of hydrogen-bond acceptors (Lipinski definition) is 5. The number of nitrogens with zero attached hydrogens (tertiary/aromatic N) is 6. The third-order valence-electron chi connectivity index (χ3n) is 11.7. The van der Waals surface area contributed by atoms with Gasteiger partial charge in [0.1, 0.15) is 0 Å². The van der Waals surface area contributed by atoms with Crippen molar-refractivity contribution >= 4 is 38.8 Å². The van der Waals surface area contributed by atoms with E-state index in [4.69, 9.17) is 19.9 Å². The summed E-state index contributed by atoms with van der Waals surface area (Å²) in [5.41, 5.74) is 14.6. The van der Waals surface area contributed by atoms with Crippen LogP contribution in [-0.2, 0) is 6.42 Å². The molecule has 7 aromatic carbocycles. The van der Waals surface area contributed by atoms with E-state index in [0.29, 0.717) is 17.5 Å². The largest absolute Gasteiger partial charge is 0.311 e. The molecule has 11 rings (SSSR count). The summed E-state index contributed by atoms with van der Waals surface area (Å²) in [6.07, 6.45) is 9.05. The van der Waals surface area contributed by atoms with Gasteiger partial charge in [0, 0.05) is 68.4 Å². The number of pyridine rings is 1. The zero-order chi connectivity index (χ0) is 42.1. The molecule has 298 valence electrons. The van der Waals surface area contributed by atoms with Gasteiger partial charge in [0.05, 0.1) is 16.7 Å². The Labute approximate surface area is 366 Å². The molecule has 0 aliphatic carbocycles. The van der Waals surface area contributed by atoms with Crippen LogP contribution in [0.25, 0.3) is 78.5 Å². The molecule has 6 heteroatoms. The molecule has 0 fully saturated rings. The van der Waals surface area contributed by atoms with Crippen LogP contribution in [0.1, 0.15) is 11.1 Å². The quantitative estimate of drug-likeness (QED) is 0.160. The molecular weight excluding hydrogens is 769 g/mol. The van der Waals surface area contributed by atoms with E-state index in [2.05, 4.69) is 156 Å². The molecule has 10 aromatic rings. The minimum absolute atomic E-state index is 0.590. The Morgan fingerprint density at radius 2 is 1.08 bits per heavy atom. The molecule has 0 amide bonds. The highest BCUT2D eigenvalue weighted by Crippen LogP contribution is 2.39. The van der Waals surface area contributed by atoms with Crippen molar-refractivity contribution < 1.29 is 0 Å². The average molecular weight is 809 g/mol. The highest BCUT2D eigenvalue weighted by molar-refractivity contribution is 6.10. The van der Waals surface area contributed by atoms with E-state index in [1.807, 2.05) is 79.0 Å². The summed E-state index contributed by atoms with van der Waals surface area (Å²) in [6, 6.07) is 67.4. The Hall–Kier alpha value is -8.48. The lowest BCUT2D eigenvalue weighted by Gasteiger charge is -2.27. The van der Waals surface area contributed by atoms with Gasteiger partial charge in [-0.1, -0.05) is 158 Å². The zero-order valence-electron chi connectivity index (χ0n) is 34.4.